The molecule has 1 fully saturated rings. The number of ketones is 1. The third-order valence-electron chi connectivity index (χ3n) is 2.29. The minimum atomic E-state index is -4.48. The number of hydrogen-bond acceptors (Lipinski definition) is 4. The summed E-state index contributed by atoms with van der Waals surface area (Å²) in [4.78, 5) is 15.0. The molecule has 2 rings (SSSR count). The van der Waals surface area contributed by atoms with Gasteiger partial charge < -0.3 is 4.74 Å². The molecule has 1 aromatic rings. The zero-order valence-corrected chi connectivity index (χ0v) is 8.90. The van der Waals surface area contributed by atoms with Crippen LogP contribution in [0.1, 0.15) is 21.1 Å². The molecule has 1 aromatic heterocycles. The van der Waals surface area contributed by atoms with Gasteiger partial charge in [0.25, 0.3) is 0 Å². The van der Waals surface area contributed by atoms with E-state index >= 15 is 0 Å². The molecule has 1 aliphatic heterocycles. The van der Waals surface area contributed by atoms with Crippen LogP contribution in [0.15, 0.2) is 6.20 Å². The second kappa shape index (κ2) is 4.14. The number of alkyl halides is 3. The summed E-state index contributed by atoms with van der Waals surface area (Å²) < 4.78 is 41.8. The molecular formula is C9H8F3NO2S. The Morgan fingerprint density at radius 3 is 2.81 bits per heavy atom. The molecule has 7 heteroatoms. The van der Waals surface area contributed by atoms with Crippen molar-refractivity contribution >= 4 is 17.1 Å². The van der Waals surface area contributed by atoms with Gasteiger partial charge in [-0.3, -0.25) is 4.79 Å². The van der Waals surface area contributed by atoms with E-state index in [4.69, 9.17) is 4.74 Å². The highest BCUT2D eigenvalue weighted by atomic mass is 32.1. The first kappa shape index (κ1) is 11.5. The Labute approximate surface area is 93.2 Å². The molecule has 3 nitrogen and oxygen atoms in total. The highest BCUT2D eigenvalue weighted by molar-refractivity contribution is 7.13. The standard InChI is InChI=1S/C9H8F3NO2S/c10-9(11,12)8-13-3-6(16-8)7(14)5-1-2-15-4-5/h3,5H,1-2,4H2. The third kappa shape index (κ3) is 2.25. The number of rotatable bonds is 2. The summed E-state index contributed by atoms with van der Waals surface area (Å²) in [6, 6.07) is 0. The van der Waals surface area contributed by atoms with Gasteiger partial charge in [0.15, 0.2) is 10.8 Å². The molecule has 0 spiro atoms. The van der Waals surface area contributed by atoms with Gasteiger partial charge in [-0.2, -0.15) is 13.2 Å². The lowest BCUT2D eigenvalue weighted by molar-refractivity contribution is -0.137. The van der Waals surface area contributed by atoms with Crippen molar-refractivity contribution in [1.29, 1.82) is 0 Å². The number of ether oxygens (including phenoxy) is 1. The van der Waals surface area contributed by atoms with Crippen molar-refractivity contribution in [2.45, 2.75) is 12.6 Å². The van der Waals surface area contributed by atoms with Crippen molar-refractivity contribution in [3.05, 3.63) is 16.1 Å². The van der Waals surface area contributed by atoms with E-state index in [1.54, 1.807) is 0 Å². The Hall–Kier alpha value is -0.950. The third-order valence-corrected chi connectivity index (χ3v) is 3.35. The lowest BCUT2D eigenvalue weighted by Gasteiger charge is -2.02. The first-order chi connectivity index (χ1) is 7.48. The van der Waals surface area contributed by atoms with Crippen molar-refractivity contribution in [2.75, 3.05) is 13.2 Å². The summed E-state index contributed by atoms with van der Waals surface area (Å²) in [6.45, 7) is 0.777. The van der Waals surface area contributed by atoms with E-state index in [1.807, 2.05) is 0 Å². The van der Waals surface area contributed by atoms with Gasteiger partial charge in [0.05, 0.1) is 11.5 Å². The van der Waals surface area contributed by atoms with Gasteiger partial charge >= 0.3 is 6.18 Å². The molecule has 0 aromatic carbocycles. The summed E-state index contributed by atoms with van der Waals surface area (Å²) in [5.41, 5.74) is 0. The second-order valence-corrected chi connectivity index (χ2v) is 4.48. The van der Waals surface area contributed by atoms with Gasteiger partial charge in [-0.1, -0.05) is 0 Å². The summed E-state index contributed by atoms with van der Waals surface area (Å²) >= 11 is 0.394. The maximum Gasteiger partial charge on any atom is 0.443 e. The Morgan fingerprint density at radius 2 is 2.31 bits per heavy atom. The largest absolute Gasteiger partial charge is 0.443 e. The van der Waals surface area contributed by atoms with Crippen molar-refractivity contribution < 1.29 is 22.7 Å². The zero-order chi connectivity index (χ0) is 11.8. The molecule has 0 aliphatic carbocycles. The van der Waals surface area contributed by atoms with E-state index in [2.05, 4.69) is 4.98 Å². The molecule has 1 atom stereocenters. The fourth-order valence-electron chi connectivity index (χ4n) is 1.46. The van der Waals surface area contributed by atoms with Crippen molar-refractivity contribution in [1.82, 2.24) is 4.98 Å². The summed E-state index contributed by atoms with van der Waals surface area (Å²) in [7, 11) is 0. The first-order valence-corrected chi connectivity index (χ1v) is 5.45. The van der Waals surface area contributed by atoms with E-state index in [-0.39, 0.29) is 23.2 Å². The van der Waals surface area contributed by atoms with Crippen LogP contribution >= 0.6 is 11.3 Å². The predicted molar refractivity (Wildman–Crippen MR) is 50.4 cm³/mol. The number of Topliss-reactive ketones (excluding diaryl/α,β-unsaturated/α-hetero) is 1. The number of carbonyl (C=O) groups excluding carboxylic acids is 1. The Bertz CT molecular complexity index is 396. The molecule has 0 amide bonds. The minimum Gasteiger partial charge on any atom is -0.381 e. The van der Waals surface area contributed by atoms with Gasteiger partial charge in [-0.25, -0.2) is 4.98 Å². The molecule has 1 saturated heterocycles. The molecular weight excluding hydrogens is 243 g/mol. The highest BCUT2D eigenvalue weighted by Gasteiger charge is 2.36. The smallest absolute Gasteiger partial charge is 0.381 e. The summed E-state index contributed by atoms with van der Waals surface area (Å²) in [6.07, 6.45) is -2.92. The van der Waals surface area contributed by atoms with Gasteiger partial charge in [-0.05, 0) is 6.42 Å². The molecule has 88 valence electrons. The number of carbonyl (C=O) groups is 1. The molecule has 0 radical (unpaired) electrons. The van der Waals surface area contributed by atoms with Gasteiger partial charge in [0.1, 0.15) is 0 Å². The average Bonchev–Trinajstić information content (AvgIpc) is 2.87. The van der Waals surface area contributed by atoms with E-state index in [1.165, 1.54) is 0 Å². The normalized spacial score (nSPS) is 21.3. The number of hydrogen-bond donors (Lipinski definition) is 0. The van der Waals surface area contributed by atoms with Crippen LogP contribution in [-0.2, 0) is 10.9 Å². The van der Waals surface area contributed by atoms with Crippen LogP contribution in [-0.4, -0.2) is 24.0 Å². The van der Waals surface area contributed by atoms with Crippen molar-refractivity contribution in [3.63, 3.8) is 0 Å². The molecule has 2 heterocycles. The SMILES string of the molecule is O=C(c1cnc(C(F)(F)F)s1)C1CCOC1. The van der Waals surface area contributed by atoms with Crippen LogP contribution in [0.25, 0.3) is 0 Å². The number of thiazole rings is 1. The maximum atomic E-state index is 12.3. The molecule has 0 bridgehead atoms. The predicted octanol–water partition coefficient (Wildman–Crippen LogP) is 2.38. The fourth-order valence-corrected chi connectivity index (χ4v) is 2.26. The van der Waals surface area contributed by atoms with Crippen molar-refractivity contribution in [2.24, 2.45) is 5.92 Å². The zero-order valence-electron chi connectivity index (χ0n) is 8.08. The number of nitrogens with zero attached hydrogens (tertiary/aromatic N) is 1. The average molecular weight is 251 g/mol. The van der Waals surface area contributed by atoms with Crippen LogP contribution < -0.4 is 0 Å². The molecule has 1 aliphatic rings. The van der Waals surface area contributed by atoms with Crippen LogP contribution in [0.5, 0.6) is 0 Å². The maximum absolute atomic E-state index is 12.3. The number of halogens is 3. The molecule has 1 unspecified atom stereocenters. The monoisotopic (exact) mass is 251 g/mol. The molecule has 16 heavy (non-hydrogen) atoms. The summed E-state index contributed by atoms with van der Waals surface area (Å²) in [5, 5.41) is -0.977. The van der Waals surface area contributed by atoms with Crippen LogP contribution in [0.2, 0.25) is 0 Å². The Balaban J connectivity index is 2.15. The van der Waals surface area contributed by atoms with Gasteiger partial charge in [-0.15, -0.1) is 11.3 Å². The van der Waals surface area contributed by atoms with Crippen LogP contribution in [0.4, 0.5) is 13.2 Å². The molecule has 0 saturated carbocycles. The van der Waals surface area contributed by atoms with E-state index in [0.29, 0.717) is 24.4 Å². The number of aromatic nitrogens is 1. The summed E-state index contributed by atoms with van der Waals surface area (Å²) in [5.74, 6) is -0.618. The van der Waals surface area contributed by atoms with Crippen LogP contribution in [0, 0.1) is 5.92 Å². The first-order valence-electron chi connectivity index (χ1n) is 4.63. The van der Waals surface area contributed by atoms with Crippen molar-refractivity contribution in [3.8, 4) is 0 Å². The highest BCUT2D eigenvalue weighted by Crippen LogP contribution is 2.33. The Morgan fingerprint density at radius 1 is 1.56 bits per heavy atom. The lowest BCUT2D eigenvalue weighted by atomic mass is 10.0. The quantitative estimate of drug-likeness (QED) is 0.757. The van der Waals surface area contributed by atoms with E-state index in [9.17, 15) is 18.0 Å². The second-order valence-electron chi connectivity index (χ2n) is 3.45. The van der Waals surface area contributed by atoms with Gasteiger partial charge in [0.2, 0.25) is 0 Å². The Kier molecular flexibility index (Phi) is 2.98. The fraction of sp³-hybridized carbons (Fsp3) is 0.556. The van der Waals surface area contributed by atoms with E-state index in [0.717, 1.165) is 6.20 Å². The topological polar surface area (TPSA) is 39.2 Å². The van der Waals surface area contributed by atoms with Crippen LogP contribution in [0.3, 0.4) is 0 Å². The van der Waals surface area contributed by atoms with Gasteiger partial charge in [0, 0.05) is 18.7 Å². The van der Waals surface area contributed by atoms with E-state index < -0.39 is 11.2 Å². The molecule has 0 N–H and O–H groups in total. The lowest BCUT2D eigenvalue weighted by Crippen LogP contribution is -2.13. The minimum absolute atomic E-state index is 0.0582.